The van der Waals surface area contributed by atoms with Gasteiger partial charge < -0.3 is 24.2 Å². The smallest absolute Gasteiger partial charge is 0.870 e. The summed E-state index contributed by atoms with van der Waals surface area (Å²) >= 11 is 0. The molecule has 0 radical (unpaired) electrons. The van der Waals surface area contributed by atoms with Gasteiger partial charge in [-0.15, -0.1) is 0 Å². The monoisotopic (exact) mass is 906 g/mol. The largest absolute Gasteiger partial charge is 2.00 e. The van der Waals surface area contributed by atoms with Crippen LogP contribution in [0, 0.1) is 0 Å². The second-order valence-electron chi connectivity index (χ2n) is 15.5. The molecule has 0 aromatic heterocycles. The van der Waals surface area contributed by atoms with Gasteiger partial charge in [-0.1, -0.05) is 159 Å². The van der Waals surface area contributed by atoms with Crippen LogP contribution in [0.3, 0.4) is 0 Å². The zero-order valence-corrected chi connectivity index (χ0v) is 40.2. The molecule has 0 aliphatic rings. The van der Waals surface area contributed by atoms with Crippen LogP contribution in [0.15, 0.2) is 94.7 Å². The Balaban J connectivity index is 0.000000413. The first-order valence-electron chi connectivity index (χ1n) is 21.9. The molecule has 0 amide bonds. The van der Waals surface area contributed by atoms with Gasteiger partial charge in [-0.25, -0.2) is 8.42 Å². The first kappa shape index (κ1) is 54.3. The van der Waals surface area contributed by atoms with E-state index in [4.69, 9.17) is 14.0 Å². The maximum absolute atomic E-state index is 12.0. The van der Waals surface area contributed by atoms with Crippen molar-refractivity contribution in [1.82, 2.24) is 0 Å². The second-order valence-corrected chi connectivity index (χ2v) is 18.3. The Bertz CT molecular complexity index is 1910. The van der Waals surface area contributed by atoms with Gasteiger partial charge in [-0.3, -0.25) is 4.55 Å². The van der Waals surface area contributed by atoms with Crippen molar-refractivity contribution in [2.75, 3.05) is 0 Å². The van der Waals surface area contributed by atoms with E-state index in [-0.39, 0.29) is 59.9 Å². The molecule has 0 aliphatic heterocycles. The zero-order chi connectivity index (χ0) is 43.6. The molecule has 332 valence electrons. The summed E-state index contributed by atoms with van der Waals surface area (Å²) in [6, 6.07) is 21.8. The molecule has 0 saturated carbocycles. The van der Waals surface area contributed by atoms with E-state index in [1.54, 1.807) is 12.1 Å². The minimum absolute atomic E-state index is 0. The third-order valence-corrected chi connectivity index (χ3v) is 12.0. The summed E-state index contributed by atoms with van der Waals surface area (Å²) in [5.41, 5.74) is 2.30. The summed E-state index contributed by atoms with van der Waals surface area (Å²) in [6.45, 7) is 4.49. The fourth-order valence-corrected chi connectivity index (χ4v) is 7.87. The van der Waals surface area contributed by atoms with Crippen LogP contribution in [0.4, 0.5) is 0 Å². The number of unbranched alkanes of at least 4 members (excludes halogenated alkanes) is 18. The van der Waals surface area contributed by atoms with Crippen molar-refractivity contribution in [3.63, 3.8) is 0 Å². The van der Waals surface area contributed by atoms with Crippen LogP contribution in [0.2, 0.25) is 0 Å². The van der Waals surface area contributed by atoms with E-state index >= 15 is 0 Å². The molecule has 4 aromatic carbocycles. The summed E-state index contributed by atoms with van der Waals surface area (Å²) in [4.78, 5) is -0.920. The predicted octanol–water partition coefficient (Wildman–Crippen LogP) is 12.4. The average Bonchev–Trinajstić information content (AvgIpc) is 3.20. The van der Waals surface area contributed by atoms with Gasteiger partial charge in [0.15, 0.2) is 11.5 Å². The number of phenols is 1. The Morgan fingerprint density at radius 1 is 0.508 bits per heavy atom. The zero-order valence-electron chi connectivity index (χ0n) is 36.3. The van der Waals surface area contributed by atoms with Crippen LogP contribution in [-0.4, -0.2) is 68.8 Å². The molecule has 4 aromatic rings. The molecule has 2 N–H and O–H groups in total. The molecule has 4 rings (SSSR count). The van der Waals surface area contributed by atoms with Crippen LogP contribution in [0.1, 0.15) is 153 Å². The van der Waals surface area contributed by atoms with Crippen LogP contribution >= 0.6 is 0 Å². The van der Waals surface area contributed by atoms with Crippen molar-refractivity contribution >= 4 is 58.0 Å². The van der Waals surface area contributed by atoms with Crippen LogP contribution < -0.4 is 14.6 Å². The fraction of sp³-hybridized carbons (Fsp3) is 0.500. The maximum Gasteiger partial charge on any atom is 2.00 e. The number of hydrogen-bond donors (Lipinski definition) is 2. The van der Waals surface area contributed by atoms with E-state index in [9.17, 15) is 31.6 Å². The Morgan fingerprint density at radius 3 is 1.30 bits per heavy atom. The normalized spacial score (nSPS) is 11.3. The maximum atomic E-state index is 12.0. The van der Waals surface area contributed by atoms with E-state index in [2.05, 4.69) is 19.9 Å². The van der Waals surface area contributed by atoms with Crippen LogP contribution in [-0.2, 0) is 33.1 Å². The van der Waals surface area contributed by atoms with Gasteiger partial charge in [-0.2, -0.15) is 8.42 Å². The molecule has 0 saturated heterocycles. The molecule has 0 fully saturated rings. The molecule has 61 heavy (non-hydrogen) atoms. The molecule has 0 bridgehead atoms. The predicted molar refractivity (Wildman–Crippen MR) is 242 cm³/mol. The number of hydrogen-bond acceptors (Lipinski definition) is 9. The molecular weight excluding hydrogens is 841 g/mol. The van der Waals surface area contributed by atoms with Crippen molar-refractivity contribution in [3.8, 4) is 34.5 Å². The molecule has 0 spiro atoms. The van der Waals surface area contributed by atoms with Crippen molar-refractivity contribution in [2.45, 2.75) is 165 Å². The Labute approximate surface area is 396 Å². The second kappa shape index (κ2) is 30.3. The molecule has 0 aliphatic carbocycles. The number of aryl methyl sites for hydroxylation is 2. The van der Waals surface area contributed by atoms with Crippen LogP contribution in [0.25, 0.3) is 0 Å². The first-order valence-corrected chi connectivity index (χ1v) is 24.8. The standard InChI is InChI=1S/2C24H34O5S.Ca/c2*1-2-3-4-5-6-7-8-9-10-11-13-20-14-12-15-21(18-20)29-24-17-16-22(19-23(24)25)30(26,27)28;/h2*12,14-19,25H,2-11,13H2,1H3,(H,26,27,28);/q;;+2/p-2. The Morgan fingerprint density at radius 2 is 0.902 bits per heavy atom. The third-order valence-electron chi connectivity index (χ3n) is 10.3. The summed E-state index contributed by atoms with van der Waals surface area (Å²) in [5, 5.41) is 22.0. The van der Waals surface area contributed by atoms with Crippen LogP contribution in [0.5, 0.6) is 34.5 Å². The van der Waals surface area contributed by atoms with E-state index < -0.39 is 30.9 Å². The summed E-state index contributed by atoms with van der Waals surface area (Å²) in [7, 11) is -9.01. The summed E-state index contributed by atoms with van der Waals surface area (Å²) < 4.78 is 75.6. The van der Waals surface area contributed by atoms with Gasteiger partial charge >= 0.3 is 37.7 Å². The van der Waals surface area contributed by atoms with E-state index in [0.717, 1.165) is 49.4 Å². The molecular formula is C48H66CaO10S2. The van der Waals surface area contributed by atoms with Gasteiger partial charge in [-0.05, 0) is 91.4 Å². The van der Waals surface area contributed by atoms with E-state index in [0.29, 0.717) is 11.5 Å². The number of aromatic hydroxyl groups is 1. The van der Waals surface area contributed by atoms with Gasteiger partial charge in [0.25, 0.3) is 10.1 Å². The molecule has 0 unspecified atom stereocenters. The summed E-state index contributed by atoms with van der Waals surface area (Å²) in [6.07, 6.45) is 27.9. The topological polar surface area (TPSA) is 173 Å². The minimum Gasteiger partial charge on any atom is -0.870 e. The molecule has 0 heterocycles. The van der Waals surface area contributed by atoms with Gasteiger partial charge in [0.1, 0.15) is 27.4 Å². The molecule has 0 atom stereocenters. The molecule has 13 heteroatoms. The van der Waals surface area contributed by atoms with Crippen molar-refractivity contribution in [2.24, 2.45) is 0 Å². The number of ether oxygens (including phenoxy) is 2. The number of phenolic OH excluding ortho intramolecular Hbond substituents is 1. The SMILES string of the molecule is CCCCCCCCCCCCc1cccc(Oc2ccc(S(=O)(=O)O)cc2O)c1.CCCCCCCCCCCCc1cccc(Oc2ccc(S(=O)(=O)[O-])cc2[O-])c1.[Ca+2]. The van der Waals surface area contributed by atoms with Gasteiger partial charge in [0.2, 0.25) is 0 Å². The quantitative estimate of drug-likeness (QED) is 0.0317. The van der Waals surface area contributed by atoms with E-state index in [1.807, 2.05) is 30.3 Å². The van der Waals surface area contributed by atoms with Crippen molar-refractivity contribution < 1.29 is 45.6 Å². The average molecular weight is 907 g/mol. The fourth-order valence-electron chi connectivity index (χ4n) is 6.89. The Kier molecular flexibility index (Phi) is 27.0. The number of rotatable bonds is 28. The first-order chi connectivity index (χ1) is 28.8. The van der Waals surface area contributed by atoms with Crippen molar-refractivity contribution in [1.29, 1.82) is 0 Å². The molecule has 10 nitrogen and oxygen atoms in total. The minimum atomic E-state index is -4.65. The van der Waals surface area contributed by atoms with E-state index in [1.165, 1.54) is 139 Å². The van der Waals surface area contributed by atoms with Gasteiger partial charge in [0.05, 0.1) is 9.79 Å². The summed E-state index contributed by atoms with van der Waals surface area (Å²) in [5.74, 6) is 0.262. The van der Waals surface area contributed by atoms with Crippen molar-refractivity contribution in [3.05, 3.63) is 96.1 Å². The third kappa shape index (κ3) is 22.9. The Hall–Kier alpha value is -2.84. The number of benzene rings is 4. The van der Waals surface area contributed by atoms with Gasteiger partial charge in [0, 0.05) is 6.07 Å².